The lowest BCUT2D eigenvalue weighted by molar-refractivity contribution is -0.113. The zero-order valence-electron chi connectivity index (χ0n) is 17.9. The van der Waals surface area contributed by atoms with Crippen molar-refractivity contribution in [2.75, 3.05) is 11.1 Å². The van der Waals surface area contributed by atoms with E-state index >= 15 is 0 Å². The van der Waals surface area contributed by atoms with Crippen LogP contribution >= 0.6 is 39.0 Å². The molecule has 164 valence electrons. The summed E-state index contributed by atoms with van der Waals surface area (Å²) >= 11 is 6.42. The maximum Gasteiger partial charge on any atom is 0.234 e. The first kappa shape index (κ1) is 21.8. The van der Waals surface area contributed by atoms with Gasteiger partial charge in [0.05, 0.1) is 33.9 Å². The summed E-state index contributed by atoms with van der Waals surface area (Å²) in [5.41, 5.74) is 3.67. The van der Waals surface area contributed by atoms with Crippen LogP contribution in [0.25, 0.3) is 20.4 Å². The molecule has 1 amide bonds. The first-order chi connectivity index (χ1) is 15.3. The van der Waals surface area contributed by atoms with Crippen LogP contribution in [-0.2, 0) is 22.6 Å². The maximum absolute atomic E-state index is 12.5. The Hall–Kier alpha value is -2.07. The first-order valence-corrected chi connectivity index (χ1v) is 12.8. The molecule has 1 aliphatic rings. The largest absolute Gasteiger partial charge is 0.370 e. The van der Waals surface area contributed by atoms with Crippen LogP contribution in [0.3, 0.4) is 0 Å². The fraction of sp³-hybridized carbons (Fsp3) is 0.304. The number of pyridine rings is 1. The summed E-state index contributed by atoms with van der Waals surface area (Å²) in [5.74, 6) is 0.876. The van der Waals surface area contributed by atoms with Gasteiger partial charge in [-0.1, -0.05) is 27.7 Å². The smallest absolute Gasteiger partial charge is 0.234 e. The molecule has 0 aliphatic carbocycles. The molecule has 1 N–H and O–H groups in total. The van der Waals surface area contributed by atoms with Crippen LogP contribution < -0.4 is 5.32 Å². The lowest BCUT2D eigenvalue weighted by Gasteiger charge is -2.30. The van der Waals surface area contributed by atoms with Crippen molar-refractivity contribution >= 4 is 71.1 Å². The molecule has 0 unspecified atom stereocenters. The molecule has 0 spiro atoms. The number of carbonyl (C=O) groups is 1. The van der Waals surface area contributed by atoms with Gasteiger partial charge in [0, 0.05) is 27.5 Å². The SMILES string of the molecule is Cc1nc(SCC(=O)Nc2ccc(Br)cc2)c2sc3nc4c(cc3c2n1)COC(C)(C)C4. The number of benzene rings is 1. The van der Waals surface area contributed by atoms with Gasteiger partial charge >= 0.3 is 0 Å². The summed E-state index contributed by atoms with van der Waals surface area (Å²) in [4.78, 5) is 27.7. The third kappa shape index (κ3) is 4.39. The standard InChI is InChI=1S/C23H21BrN4O2S2/c1-12-25-19-16-8-13-10-30-23(2,3)9-17(13)28-21(16)32-20(19)22(26-12)31-11-18(29)27-15-6-4-14(24)5-7-15/h4-8H,9-11H2,1-3H3,(H,27,29). The Morgan fingerprint density at radius 1 is 1.25 bits per heavy atom. The molecule has 9 heteroatoms. The number of thiophene rings is 1. The molecule has 1 aliphatic heterocycles. The lowest BCUT2D eigenvalue weighted by atomic mass is 9.95. The van der Waals surface area contributed by atoms with E-state index in [-0.39, 0.29) is 17.3 Å². The van der Waals surface area contributed by atoms with Crippen LogP contribution in [0.5, 0.6) is 0 Å². The Labute approximate surface area is 202 Å². The summed E-state index contributed by atoms with van der Waals surface area (Å²) in [6.07, 6.45) is 0.787. The van der Waals surface area contributed by atoms with Crippen molar-refractivity contribution in [1.29, 1.82) is 0 Å². The number of halogens is 1. The maximum atomic E-state index is 12.5. The predicted molar refractivity (Wildman–Crippen MR) is 134 cm³/mol. The molecule has 0 radical (unpaired) electrons. The van der Waals surface area contributed by atoms with Crippen molar-refractivity contribution in [3.05, 3.63) is 51.9 Å². The number of aromatic nitrogens is 3. The van der Waals surface area contributed by atoms with Crippen molar-refractivity contribution in [1.82, 2.24) is 15.0 Å². The minimum absolute atomic E-state index is 0.0733. The van der Waals surface area contributed by atoms with Crippen LogP contribution in [-0.4, -0.2) is 32.2 Å². The fourth-order valence-corrected chi connectivity index (χ4v) is 6.03. The molecule has 0 saturated heterocycles. The number of amides is 1. The van der Waals surface area contributed by atoms with E-state index in [1.165, 1.54) is 11.8 Å². The van der Waals surface area contributed by atoms with Crippen LogP contribution in [0.15, 0.2) is 39.8 Å². The van der Waals surface area contributed by atoms with Gasteiger partial charge in [0.25, 0.3) is 0 Å². The fourth-order valence-electron chi connectivity index (χ4n) is 3.70. The van der Waals surface area contributed by atoms with Gasteiger partial charge in [-0.2, -0.15) is 0 Å². The average molecular weight is 529 g/mol. The average Bonchev–Trinajstić information content (AvgIpc) is 3.09. The third-order valence-corrected chi connectivity index (χ3v) is 7.96. The summed E-state index contributed by atoms with van der Waals surface area (Å²) in [6, 6.07) is 9.69. The Balaban J connectivity index is 1.44. The highest BCUT2D eigenvalue weighted by molar-refractivity contribution is 9.10. The zero-order valence-corrected chi connectivity index (χ0v) is 21.1. The molecular weight excluding hydrogens is 508 g/mol. The molecule has 0 atom stereocenters. The molecule has 4 aromatic rings. The molecule has 0 fully saturated rings. The lowest BCUT2D eigenvalue weighted by Crippen LogP contribution is -2.32. The molecule has 32 heavy (non-hydrogen) atoms. The molecule has 5 rings (SSSR count). The molecule has 0 bridgehead atoms. The highest BCUT2D eigenvalue weighted by Crippen LogP contribution is 2.39. The summed E-state index contributed by atoms with van der Waals surface area (Å²) in [6.45, 7) is 6.63. The van der Waals surface area contributed by atoms with E-state index in [1.54, 1.807) is 11.3 Å². The molecular formula is C23H21BrN4O2S2. The molecule has 3 aromatic heterocycles. The van der Waals surface area contributed by atoms with E-state index in [2.05, 4.69) is 46.1 Å². The number of carbonyl (C=O) groups excluding carboxylic acids is 1. The van der Waals surface area contributed by atoms with E-state index in [1.807, 2.05) is 31.2 Å². The number of nitrogens with zero attached hydrogens (tertiary/aromatic N) is 3. The van der Waals surface area contributed by atoms with Crippen molar-refractivity contribution in [2.45, 2.75) is 44.4 Å². The monoisotopic (exact) mass is 528 g/mol. The quantitative estimate of drug-likeness (QED) is 0.262. The number of hydrogen-bond acceptors (Lipinski definition) is 7. The second-order valence-electron chi connectivity index (χ2n) is 8.37. The van der Waals surface area contributed by atoms with E-state index in [4.69, 9.17) is 14.7 Å². The van der Waals surface area contributed by atoms with Crippen LogP contribution in [0.1, 0.15) is 30.9 Å². The minimum atomic E-state index is -0.204. The Kier molecular flexibility index (Phi) is 5.69. The van der Waals surface area contributed by atoms with E-state index in [0.29, 0.717) is 12.4 Å². The van der Waals surface area contributed by atoms with E-state index in [9.17, 15) is 4.79 Å². The number of anilines is 1. The summed E-state index contributed by atoms with van der Waals surface area (Å²) in [7, 11) is 0. The second-order valence-corrected chi connectivity index (χ2v) is 11.3. The Bertz CT molecular complexity index is 1350. The van der Waals surface area contributed by atoms with Gasteiger partial charge in [-0.25, -0.2) is 15.0 Å². The number of nitrogens with one attached hydrogen (secondary N) is 1. The van der Waals surface area contributed by atoms with Crippen molar-refractivity contribution in [3.63, 3.8) is 0 Å². The summed E-state index contributed by atoms with van der Waals surface area (Å²) < 4.78 is 7.92. The van der Waals surface area contributed by atoms with Gasteiger partial charge in [0.15, 0.2) is 0 Å². The van der Waals surface area contributed by atoms with Crippen molar-refractivity contribution in [2.24, 2.45) is 0 Å². The van der Waals surface area contributed by atoms with Gasteiger partial charge in [0.1, 0.15) is 15.7 Å². The first-order valence-electron chi connectivity index (χ1n) is 10.2. The summed E-state index contributed by atoms with van der Waals surface area (Å²) in [5, 5.41) is 4.77. The number of hydrogen-bond donors (Lipinski definition) is 1. The Morgan fingerprint density at radius 3 is 2.81 bits per heavy atom. The van der Waals surface area contributed by atoms with E-state index in [0.717, 1.165) is 53.3 Å². The third-order valence-electron chi connectivity index (χ3n) is 5.24. The van der Waals surface area contributed by atoms with Crippen molar-refractivity contribution in [3.8, 4) is 0 Å². The molecule has 4 heterocycles. The zero-order chi connectivity index (χ0) is 22.5. The van der Waals surface area contributed by atoms with Crippen LogP contribution in [0.2, 0.25) is 0 Å². The van der Waals surface area contributed by atoms with E-state index < -0.39 is 0 Å². The predicted octanol–water partition coefficient (Wildman–Crippen LogP) is 5.89. The topological polar surface area (TPSA) is 77.0 Å². The number of aryl methyl sites for hydroxylation is 1. The number of thioether (sulfide) groups is 1. The van der Waals surface area contributed by atoms with Gasteiger partial charge in [-0.3, -0.25) is 4.79 Å². The Morgan fingerprint density at radius 2 is 2.03 bits per heavy atom. The molecule has 1 aromatic carbocycles. The van der Waals surface area contributed by atoms with Crippen LogP contribution in [0, 0.1) is 6.92 Å². The highest BCUT2D eigenvalue weighted by atomic mass is 79.9. The second kappa shape index (κ2) is 8.37. The van der Waals surface area contributed by atoms with Gasteiger partial charge in [-0.15, -0.1) is 11.3 Å². The van der Waals surface area contributed by atoms with Gasteiger partial charge < -0.3 is 10.1 Å². The molecule has 0 saturated carbocycles. The van der Waals surface area contributed by atoms with Gasteiger partial charge in [-0.05, 0) is 51.1 Å². The number of rotatable bonds is 4. The number of fused-ring (bicyclic) bond motifs is 4. The van der Waals surface area contributed by atoms with Gasteiger partial charge in [0.2, 0.25) is 5.91 Å². The van der Waals surface area contributed by atoms with Crippen LogP contribution in [0.4, 0.5) is 5.69 Å². The van der Waals surface area contributed by atoms with Crippen molar-refractivity contribution < 1.29 is 9.53 Å². The minimum Gasteiger partial charge on any atom is -0.370 e. The normalized spacial score (nSPS) is 15.1. The highest BCUT2D eigenvalue weighted by Gasteiger charge is 2.28. The number of ether oxygens (including phenoxy) is 1. The molecule has 6 nitrogen and oxygen atoms in total.